The highest BCUT2D eigenvalue weighted by Gasteiger charge is 2.46. The van der Waals surface area contributed by atoms with E-state index >= 15 is 0 Å². The van der Waals surface area contributed by atoms with Gasteiger partial charge in [0.15, 0.2) is 0 Å². The van der Waals surface area contributed by atoms with Gasteiger partial charge in [-0.25, -0.2) is 0 Å². The molecule has 0 aromatic carbocycles. The minimum Gasteiger partial charge on any atom is -0.481 e. The number of hydrogen-bond donors (Lipinski definition) is 5. The van der Waals surface area contributed by atoms with Gasteiger partial charge in [0.2, 0.25) is 0 Å². The summed E-state index contributed by atoms with van der Waals surface area (Å²) in [7, 11) is 0. The molecule has 0 spiro atoms. The van der Waals surface area contributed by atoms with Gasteiger partial charge in [0.1, 0.15) is 24.4 Å². The molecule has 0 aromatic rings. The molecule has 0 bridgehead atoms. The number of carbonyl (C=O) groups is 1. The molecule has 5 N–H and O–H groups in total. The van der Waals surface area contributed by atoms with Crippen LogP contribution in [0.2, 0.25) is 0 Å². The van der Waals surface area contributed by atoms with Crippen LogP contribution >= 0.6 is 0 Å². The van der Waals surface area contributed by atoms with Crippen LogP contribution in [0, 0.1) is 5.92 Å². The SMILES string of the molecule is CC(C(=O)O)C1O[C@H](CO)[C@@H](O)[C@H](O)[C@H]1O. The van der Waals surface area contributed by atoms with E-state index < -0.39 is 49.0 Å². The summed E-state index contributed by atoms with van der Waals surface area (Å²) in [6.45, 7) is 0.753. The van der Waals surface area contributed by atoms with Crippen LogP contribution in [-0.4, -0.2) is 68.6 Å². The van der Waals surface area contributed by atoms with E-state index in [0.717, 1.165) is 0 Å². The lowest BCUT2D eigenvalue weighted by atomic mass is 9.89. The molecular weight excluding hydrogens is 220 g/mol. The van der Waals surface area contributed by atoms with Crippen LogP contribution in [0.4, 0.5) is 0 Å². The summed E-state index contributed by atoms with van der Waals surface area (Å²) in [5.74, 6) is -2.24. The van der Waals surface area contributed by atoms with E-state index in [4.69, 9.17) is 14.9 Å². The monoisotopic (exact) mass is 236 g/mol. The Morgan fingerprint density at radius 2 is 1.81 bits per heavy atom. The Bertz CT molecular complexity index is 254. The maximum Gasteiger partial charge on any atom is 0.308 e. The fraction of sp³-hybridized carbons (Fsp3) is 0.889. The lowest BCUT2D eigenvalue weighted by Crippen LogP contribution is -2.60. The van der Waals surface area contributed by atoms with Gasteiger partial charge in [0.05, 0.1) is 18.6 Å². The number of carboxylic acids is 1. The predicted octanol–water partition coefficient (Wildman–Crippen LogP) is -2.45. The summed E-state index contributed by atoms with van der Waals surface area (Å²) in [5.41, 5.74) is 0. The zero-order valence-electron chi connectivity index (χ0n) is 8.72. The third kappa shape index (κ3) is 2.33. The number of aliphatic carboxylic acids is 1. The number of hydrogen-bond acceptors (Lipinski definition) is 6. The maximum absolute atomic E-state index is 10.7. The van der Waals surface area contributed by atoms with Crippen LogP contribution in [0.1, 0.15) is 6.92 Å². The first-order chi connectivity index (χ1) is 7.40. The van der Waals surface area contributed by atoms with E-state index in [1.807, 2.05) is 0 Å². The van der Waals surface area contributed by atoms with Gasteiger partial charge in [-0.2, -0.15) is 0 Å². The fourth-order valence-electron chi connectivity index (χ4n) is 1.68. The molecule has 1 aliphatic rings. The Kier molecular flexibility index (Phi) is 4.22. The summed E-state index contributed by atoms with van der Waals surface area (Å²) >= 11 is 0. The third-order valence-corrected chi connectivity index (χ3v) is 2.81. The smallest absolute Gasteiger partial charge is 0.308 e. The van der Waals surface area contributed by atoms with Crippen molar-refractivity contribution in [2.24, 2.45) is 5.92 Å². The predicted molar refractivity (Wildman–Crippen MR) is 50.6 cm³/mol. The van der Waals surface area contributed by atoms with Gasteiger partial charge in [-0.15, -0.1) is 0 Å². The zero-order chi connectivity index (χ0) is 12.5. The first-order valence-electron chi connectivity index (χ1n) is 4.93. The van der Waals surface area contributed by atoms with Crippen LogP contribution < -0.4 is 0 Å². The van der Waals surface area contributed by atoms with Gasteiger partial charge in [-0.3, -0.25) is 4.79 Å². The maximum atomic E-state index is 10.7. The van der Waals surface area contributed by atoms with Crippen molar-refractivity contribution in [2.45, 2.75) is 37.4 Å². The molecule has 1 aliphatic heterocycles. The molecule has 1 heterocycles. The number of aliphatic hydroxyl groups is 4. The molecule has 1 rings (SSSR count). The second-order valence-electron chi connectivity index (χ2n) is 3.92. The van der Waals surface area contributed by atoms with Crippen LogP contribution in [-0.2, 0) is 9.53 Å². The van der Waals surface area contributed by atoms with Crippen molar-refractivity contribution in [3.8, 4) is 0 Å². The minimum atomic E-state index is -1.53. The van der Waals surface area contributed by atoms with Crippen molar-refractivity contribution < 1.29 is 35.1 Å². The number of ether oxygens (including phenoxy) is 1. The van der Waals surface area contributed by atoms with E-state index in [0.29, 0.717) is 0 Å². The summed E-state index contributed by atoms with van der Waals surface area (Å²) in [5, 5.41) is 46.1. The summed E-state index contributed by atoms with van der Waals surface area (Å²) in [4.78, 5) is 10.7. The van der Waals surface area contributed by atoms with Gasteiger partial charge in [0, 0.05) is 0 Å². The fourth-order valence-corrected chi connectivity index (χ4v) is 1.68. The largest absolute Gasteiger partial charge is 0.481 e. The highest BCUT2D eigenvalue weighted by molar-refractivity contribution is 5.70. The summed E-state index contributed by atoms with van der Waals surface area (Å²) in [6, 6.07) is 0. The molecule has 1 saturated heterocycles. The Morgan fingerprint density at radius 3 is 2.25 bits per heavy atom. The second-order valence-corrected chi connectivity index (χ2v) is 3.92. The average molecular weight is 236 g/mol. The average Bonchev–Trinajstić information content (AvgIpc) is 2.25. The van der Waals surface area contributed by atoms with Gasteiger partial charge < -0.3 is 30.3 Å². The molecule has 6 atom stereocenters. The van der Waals surface area contributed by atoms with Crippen molar-refractivity contribution in [3.63, 3.8) is 0 Å². The molecule has 7 nitrogen and oxygen atoms in total. The van der Waals surface area contributed by atoms with E-state index in [1.165, 1.54) is 6.92 Å². The van der Waals surface area contributed by atoms with Gasteiger partial charge in [0.25, 0.3) is 0 Å². The number of carboxylic acid groups (broad SMARTS) is 1. The molecule has 0 radical (unpaired) electrons. The topological polar surface area (TPSA) is 127 Å². The standard InChI is InChI=1S/C9H16O7/c1-3(9(14)15)8-7(13)6(12)5(11)4(2-10)16-8/h3-8,10-13H,2H2,1H3,(H,14,15)/t3?,4-,5-,6+,7-,8?/m1/s1. The molecule has 0 aromatic heterocycles. The molecule has 7 heteroatoms. The van der Waals surface area contributed by atoms with E-state index in [9.17, 15) is 20.1 Å². The van der Waals surface area contributed by atoms with E-state index in [2.05, 4.69) is 0 Å². The van der Waals surface area contributed by atoms with Crippen molar-refractivity contribution in [1.29, 1.82) is 0 Å². The molecule has 0 amide bonds. The second kappa shape index (κ2) is 5.07. The van der Waals surface area contributed by atoms with Crippen molar-refractivity contribution >= 4 is 5.97 Å². The van der Waals surface area contributed by atoms with Crippen LogP contribution in [0.25, 0.3) is 0 Å². The summed E-state index contributed by atoms with van der Waals surface area (Å²) < 4.78 is 5.06. The highest BCUT2D eigenvalue weighted by Crippen LogP contribution is 2.25. The van der Waals surface area contributed by atoms with Crippen molar-refractivity contribution in [1.82, 2.24) is 0 Å². The molecule has 0 aliphatic carbocycles. The van der Waals surface area contributed by atoms with Crippen LogP contribution in [0.5, 0.6) is 0 Å². The summed E-state index contributed by atoms with van der Waals surface area (Å²) in [6.07, 6.45) is -6.71. The lowest BCUT2D eigenvalue weighted by Gasteiger charge is -2.41. The van der Waals surface area contributed by atoms with E-state index in [1.54, 1.807) is 0 Å². The van der Waals surface area contributed by atoms with Gasteiger partial charge in [-0.1, -0.05) is 0 Å². The highest BCUT2D eigenvalue weighted by atomic mass is 16.5. The van der Waals surface area contributed by atoms with Crippen LogP contribution in [0.3, 0.4) is 0 Å². The van der Waals surface area contributed by atoms with E-state index in [-0.39, 0.29) is 0 Å². The Hall–Kier alpha value is -0.730. The molecule has 16 heavy (non-hydrogen) atoms. The number of rotatable bonds is 3. The minimum absolute atomic E-state index is 0.562. The normalized spacial score (nSPS) is 41.7. The van der Waals surface area contributed by atoms with Crippen molar-refractivity contribution in [2.75, 3.05) is 6.61 Å². The molecular formula is C9H16O7. The first-order valence-corrected chi connectivity index (χ1v) is 4.93. The number of aliphatic hydroxyl groups excluding tert-OH is 4. The molecule has 94 valence electrons. The quantitative estimate of drug-likeness (QED) is 0.368. The molecule has 0 saturated carbocycles. The van der Waals surface area contributed by atoms with Gasteiger partial charge >= 0.3 is 5.97 Å². The third-order valence-electron chi connectivity index (χ3n) is 2.81. The van der Waals surface area contributed by atoms with Gasteiger partial charge in [-0.05, 0) is 6.92 Å². The Labute approximate surface area is 91.9 Å². The lowest BCUT2D eigenvalue weighted by molar-refractivity contribution is -0.240. The van der Waals surface area contributed by atoms with Crippen LogP contribution in [0.15, 0.2) is 0 Å². The Balaban J connectivity index is 2.82. The van der Waals surface area contributed by atoms with Crippen molar-refractivity contribution in [3.05, 3.63) is 0 Å². The first kappa shape index (κ1) is 13.3. The Morgan fingerprint density at radius 1 is 1.25 bits per heavy atom. The zero-order valence-corrected chi connectivity index (χ0v) is 8.72. The molecule has 2 unspecified atom stereocenters. The molecule has 1 fully saturated rings.